The molecule has 0 saturated carbocycles. The maximum atomic E-state index is 10.7. The van der Waals surface area contributed by atoms with Gasteiger partial charge in [-0.05, 0) is 6.07 Å². The molecule has 8 nitrogen and oxygen atoms in total. The fourth-order valence-corrected chi connectivity index (χ4v) is 1.55. The highest BCUT2D eigenvalue weighted by Crippen LogP contribution is 2.23. The van der Waals surface area contributed by atoms with Crippen molar-refractivity contribution in [3.05, 3.63) is 27.4 Å². The van der Waals surface area contributed by atoms with Crippen molar-refractivity contribution in [2.75, 3.05) is 17.6 Å². The van der Waals surface area contributed by atoms with E-state index in [9.17, 15) is 18.5 Å². The van der Waals surface area contributed by atoms with Crippen LogP contribution in [0.3, 0.4) is 0 Å². The van der Waals surface area contributed by atoms with E-state index in [0.29, 0.717) is 0 Å². The molecule has 0 fully saturated rings. The van der Waals surface area contributed by atoms with Gasteiger partial charge in [0, 0.05) is 12.6 Å². The molecule has 0 unspecified atom stereocenters. The summed E-state index contributed by atoms with van der Waals surface area (Å²) in [5.41, 5.74) is -0.288. The van der Waals surface area contributed by atoms with Crippen LogP contribution in [-0.4, -0.2) is 30.6 Å². The van der Waals surface area contributed by atoms with Gasteiger partial charge in [-0.2, -0.15) is 0 Å². The Morgan fingerprint density at radius 2 is 2.18 bits per heavy atom. The van der Waals surface area contributed by atoms with Crippen molar-refractivity contribution in [2.45, 2.75) is 0 Å². The zero-order chi connectivity index (χ0) is 13.1. The number of nitrogens with two attached hydrogens (primary N) is 1. The van der Waals surface area contributed by atoms with Gasteiger partial charge < -0.3 is 5.32 Å². The van der Waals surface area contributed by atoms with Gasteiger partial charge >= 0.3 is 5.69 Å². The molecule has 0 aliphatic rings. The molecule has 1 aromatic rings. The van der Waals surface area contributed by atoms with Crippen molar-refractivity contribution in [1.29, 1.82) is 0 Å². The van der Waals surface area contributed by atoms with Crippen molar-refractivity contribution in [3.8, 4) is 0 Å². The molecule has 0 aliphatic carbocycles. The minimum absolute atomic E-state index is 0.0636. The zero-order valence-electron chi connectivity index (χ0n) is 8.46. The van der Waals surface area contributed by atoms with Gasteiger partial charge in [0.2, 0.25) is 15.8 Å². The third kappa shape index (κ3) is 4.51. The molecule has 10 heteroatoms. The number of sulfonamides is 1. The third-order valence-electron chi connectivity index (χ3n) is 1.72. The van der Waals surface area contributed by atoms with Crippen molar-refractivity contribution in [2.24, 2.45) is 5.14 Å². The molecule has 0 radical (unpaired) electrons. The molecule has 1 heterocycles. The van der Waals surface area contributed by atoms with E-state index >= 15 is 0 Å². The largest absolute Gasteiger partial charge is 0.363 e. The Bertz CT molecular complexity index is 533. The van der Waals surface area contributed by atoms with E-state index in [1.54, 1.807) is 0 Å². The monoisotopic (exact) mass is 280 g/mol. The highest BCUT2D eigenvalue weighted by Gasteiger charge is 2.15. The first-order valence-corrected chi connectivity index (χ1v) is 6.44. The van der Waals surface area contributed by atoms with Crippen LogP contribution in [-0.2, 0) is 10.0 Å². The normalized spacial score (nSPS) is 11.2. The summed E-state index contributed by atoms with van der Waals surface area (Å²) in [6, 6.07) is 2.44. The number of anilines is 1. The van der Waals surface area contributed by atoms with Crippen LogP contribution in [0.2, 0.25) is 5.15 Å². The number of nitrogens with zero attached hydrogens (tertiary/aromatic N) is 2. The number of rotatable bonds is 5. The maximum absolute atomic E-state index is 10.7. The zero-order valence-corrected chi connectivity index (χ0v) is 10.0. The summed E-state index contributed by atoms with van der Waals surface area (Å²) in [6.45, 7) is -0.0903. The smallest absolute Gasteiger partial charge is 0.311 e. The molecule has 0 amide bonds. The number of halogens is 1. The van der Waals surface area contributed by atoms with Gasteiger partial charge in [-0.1, -0.05) is 11.6 Å². The Kier molecular flexibility index (Phi) is 4.21. The average Bonchev–Trinajstić information content (AvgIpc) is 2.15. The van der Waals surface area contributed by atoms with Crippen LogP contribution in [0.1, 0.15) is 0 Å². The van der Waals surface area contributed by atoms with Crippen LogP contribution in [0, 0.1) is 10.1 Å². The number of nitrogens with one attached hydrogen (secondary N) is 1. The second-order valence-electron chi connectivity index (χ2n) is 3.05. The summed E-state index contributed by atoms with van der Waals surface area (Å²) < 4.78 is 21.3. The molecule has 1 aromatic heterocycles. The van der Waals surface area contributed by atoms with Crippen molar-refractivity contribution < 1.29 is 13.3 Å². The molecule has 0 saturated heterocycles. The van der Waals surface area contributed by atoms with Gasteiger partial charge in [0.15, 0.2) is 0 Å². The molecule has 94 valence electrons. The van der Waals surface area contributed by atoms with Gasteiger partial charge in [0.1, 0.15) is 5.15 Å². The first kappa shape index (κ1) is 13.6. The van der Waals surface area contributed by atoms with E-state index in [4.69, 9.17) is 16.7 Å². The lowest BCUT2D eigenvalue weighted by molar-refractivity contribution is -0.384. The van der Waals surface area contributed by atoms with Crippen LogP contribution < -0.4 is 10.5 Å². The first-order chi connectivity index (χ1) is 7.79. The van der Waals surface area contributed by atoms with Crippen LogP contribution >= 0.6 is 11.6 Å². The van der Waals surface area contributed by atoms with Crippen molar-refractivity contribution in [3.63, 3.8) is 0 Å². The summed E-state index contributed by atoms with van der Waals surface area (Å²) in [5, 5.41) is 18.0. The summed E-state index contributed by atoms with van der Waals surface area (Å²) in [6.07, 6.45) is 0. The van der Waals surface area contributed by atoms with Crippen LogP contribution in [0.15, 0.2) is 12.1 Å². The van der Waals surface area contributed by atoms with E-state index in [1.807, 2.05) is 0 Å². The molecule has 0 aromatic carbocycles. The fourth-order valence-electron chi connectivity index (χ4n) is 1.02. The topological polar surface area (TPSA) is 128 Å². The predicted molar refractivity (Wildman–Crippen MR) is 62.4 cm³/mol. The standard InChI is InChI=1S/C7H9ClN4O4S/c8-6-2-1-5(12(13)14)7(11-6)10-3-4-17(9,15)16/h1-2H,3-4H2,(H,10,11)(H2,9,15,16). The van der Waals surface area contributed by atoms with E-state index in [1.165, 1.54) is 12.1 Å². The van der Waals surface area contributed by atoms with Gasteiger partial charge in [0.25, 0.3) is 0 Å². The summed E-state index contributed by atoms with van der Waals surface area (Å²) in [5.74, 6) is -0.454. The maximum Gasteiger partial charge on any atom is 0.311 e. The van der Waals surface area contributed by atoms with Gasteiger partial charge in [0.05, 0.1) is 10.7 Å². The summed E-state index contributed by atoms with van der Waals surface area (Å²) in [4.78, 5) is 13.7. The number of primary sulfonamides is 1. The van der Waals surface area contributed by atoms with Crippen LogP contribution in [0.4, 0.5) is 11.5 Å². The fraction of sp³-hybridized carbons (Fsp3) is 0.286. The first-order valence-electron chi connectivity index (χ1n) is 4.35. The average molecular weight is 281 g/mol. The lowest BCUT2D eigenvalue weighted by Crippen LogP contribution is -2.22. The SMILES string of the molecule is NS(=O)(=O)CCNc1nc(Cl)ccc1[N+](=O)[O-]. The van der Waals surface area contributed by atoms with Gasteiger partial charge in [-0.3, -0.25) is 10.1 Å². The number of aromatic nitrogens is 1. The number of pyridine rings is 1. The van der Waals surface area contributed by atoms with E-state index in [-0.39, 0.29) is 29.0 Å². The Morgan fingerprint density at radius 3 is 2.71 bits per heavy atom. The van der Waals surface area contributed by atoms with E-state index < -0.39 is 14.9 Å². The molecular weight excluding hydrogens is 272 g/mol. The second-order valence-corrected chi connectivity index (χ2v) is 5.17. The molecule has 0 spiro atoms. The second kappa shape index (κ2) is 5.25. The Hall–Kier alpha value is -1.45. The molecule has 0 bridgehead atoms. The van der Waals surface area contributed by atoms with Gasteiger partial charge in [-0.25, -0.2) is 18.5 Å². The van der Waals surface area contributed by atoms with Gasteiger partial charge in [-0.15, -0.1) is 0 Å². The molecule has 3 N–H and O–H groups in total. The summed E-state index contributed by atoms with van der Waals surface area (Å²) >= 11 is 5.57. The van der Waals surface area contributed by atoms with E-state index in [0.717, 1.165) is 0 Å². The van der Waals surface area contributed by atoms with Crippen molar-refractivity contribution >= 4 is 33.1 Å². The molecule has 0 aliphatic heterocycles. The van der Waals surface area contributed by atoms with Crippen molar-refractivity contribution in [1.82, 2.24) is 4.98 Å². The van der Waals surface area contributed by atoms with Crippen LogP contribution in [0.5, 0.6) is 0 Å². The van der Waals surface area contributed by atoms with Crippen LogP contribution in [0.25, 0.3) is 0 Å². The quantitative estimate of drug-likeness (QED) is 0.455. The van der Waals surface area contributed by atoms with E-state index in [2.05, 4.69) is 10.3 Å². The summed E-state index contributed by atoms with van der Waals surface area (Å²) in [7, 11) is -3.63. The highest BCUT2D eigenvalue weighted by molar-refractivity contribution is 7.89. The molecular formula is C7H9ClN4O4S. The molecule has 1 rings (SSSR count). The lowest BCUT2D eigenvalue weighted by atomic mass is 10.4. The molecule has 0 atom stereocenters. The Balaban J connectivity index is 2.82. The lowest BCUT2D eigenvalue weighted by Gasteiger charge is -2.05. The minimum atomic E-state index is -3.63. The third-order valence-corrected chi connectivity index (χ3v) is 2.70. The number of hydrogen-bond donors (Lipinski definition) is 2. The number of nitro groups is 1. The highest BCUT2D eigenvalue weighted by atomic mass is 35.5. The number of hydrogen-bond acceptors (Lipinski definition) is 6. The molecule has 17 heavy (non-hydrogen) atoms. The predicted octanol–water partition coefficient (Wildman–Crippen LogP) is 0.344. The Morgan fingerprint density at radius 1 is 1.53 bits per heavy atom. The minimum Gasteiger partial charge on any atom is -0.363 e. The Labute approximate surface area is 102 Å².